The number of primary amides is 1. The van der Waals surface area contributed by atoms with Crippen molar-refractivity contribution in [3.63, 3.8) is 0 Å². The summed E-state index contributed by atoms with van der Waals surface area (Å²) in [5.74, 6) is -3.46. The number of amides is 1. The zero-order valence-corrected chi connectivity index (χ0v) is 8.50. The van der Waals surface area contributed by atoms with Gasteiger partial charge in [-0.3, -0.25) is 4.79 Å². The normalized spacial score (nSPS) is 14.1. The zero-order valence-electron chi connectivity index (χ0n) is 8.50. The molecular weight excluding hydrogens is 233 g/mol. The highest BCUT2D eigenvalue weighted by atomic mass is 19.1. The number of carbonyl (C=O) groups is 2. The van der Waals surface area contributed by atoms with Gasteiger partial charge in [-0.05, 0) is 18.2 Å². The van der Waals surface area contributed by atoms with Crippen LogP contribution < -0.4 is 5.73 Å². The molecule has 6 nitrogen and oxygen atoms in total. The predicted octanol–water partition coefficient (Wildman–Crippen LogP) is -0.597. The van der Waals surface area contributed by atoms with Crippen LogP contribution in [0.3, 0.4) is 0 Å². The minimum absolute atomic E-state index is 0.413. The number of aliphatic hydroxyl groups excluding tert-OH is 2. The van der Waals surface area contributed by atoms with Gasteiger partial charge in [-0.15, -0.1) is 0 Å². The van der Waals surface area contributed by atoms with Crippen LogP contribution in [-0.4, -0.2) is 33.3 Å². The molecule has 0 radical (unpaired) electrons. The first-order valence-electron chi connectivity index (χ1n) is 4.52. The third kappa shape index (κ3) is 2.77. The van der Waals surface area contributed by atoms with E-state index in [1.54, 1.807) is 0 Å². The topological polar surface area (TPSA) is 121 Å². The summed E-state index contributed by atoms with van der Waals surface area (Å²) in [6.45, 7) is 0. The van der Waals surface area contributed by atoms with Gasteiger partial charge in [-0.1, -0.05) is 0 Å². The quantitative estimate of drug-likeness (QED) is 0.562. The molecule has 1 amide bonds. The predicted molar refractivity (Wildman–Crippen MR) is 53.5 cm³/mol. The Morgan fingerprint density at radius 2 is 1.88 bits per heavy atom. The molecule has 0 heterocycles. The number of carboxylic acid groups (broad SMARTS) is 1. The fourth-order valence-electron chi connectivity index (χ4n) is 1.30. The first-order chi connectivity index (χ1) is 7.84. The Hall–Kier alpha value is -1.99. The molecule has 0 saturated heterocycles. The van der Waals surface area contributed by atoms with Crippen LogP contribution in [-0.2, 0) is 4.79 Å². The molecule has 17 heavy (non-hydrogen) atoms. The first kappa shape index (κ1) is 13.1. The molecule has 0 aliphatic rings. The molecule has 1 aromatic carbocycles. The largest absolute Gasteiger partial charge is 0.478 e. The number of aromatic carboxylic acids is 1. The van der Waals surface area contributed by atoms with E-state index in [9.17, 15) is 24.2 Å². The van der Waals surface area contributed by atoms with E-state index >= 15 is 0 Å². The molecule has 1 rings (SSSR count). The maximum Gasteiger partial charge on any atom is 0.336 e. The Kier molecular flexibility index (Phi) is 3.77. The average molecular weight is 243 g/mol. The van der Waals surface area contributed by atoms with Crippen molar-refractivity contribution < 1.29 is 29.3 Å². The number of nitrogens with two attached hydrogens (primary N) is 1. The van der Waals surface area contributed by atoms with Crippen molar-refractivity contribution in [3.8, 4) is 0 Å². The lowest BCUT2D eigenvalue weighted by Crippen LogP contribution is -2.34. The van der Waals surface area contributed by atoms with Gasteiger partial charge in [0.1, 0.15) is 11.9 Å². The highest BCUT2D eigenvalue weighted by Crippen LogP contribution is 2.22. The summed E-state index contributed by atoms with van der Waals surface area (Å²) in [5.41, 5.74) is 3.92. The number of rotatable bonds is 4. The summed E-state index contributed by atoms with van der Waals surface area (Å²) in [6.07, 6.45) is -3.90. The van der Waals surface area contributed by atoms with E-state index in [0.717, 1.165) is 18.2 Å². The van der Waals surface area contributed by atoms with Crippen molar-refractivity contribution in [1.82, 2.24) is 0 Å². The second-order valence-corrected chi connectivity index (χ2v) is 3.33. The van der Waals surface area contributed by atoms with E-state index in [0.29, 0.717) is 0 Å². The molecule has 0 aliphatic carbocycles. The second-order valence-electron chi connectivity index (χ2n) is 3.33. The van der Waals surface area contributed by atoms with Crippen LogP contribution >= 0.6 is 0 Å². The Labute approximate surface area is 95.1 Å². The van der Waals surface area contributed by atoms with Crippen LogP contribution in [0.2, 0.25) is 0 Å². The van der Waals surface area contributed by atoms with E-state index in [2.05, 4.69) is 0 Å². The van der Waals surface area contributed by atoms with Crippen LogP contribution in [0.4, 0.5) is 4.39 Å². The Morgan fingerprint density at radius 3 is 2.35 bits per heavy atom. The molecule has 92 valence electrons. The van der Waals surface area contributed by atoms with Gasteiger partial charge in [0.15, 0.2) is 6.10 Å². The lowest BCUT2D eigenvalue weighted by Gasteiger charge is -2.17. The van der Waals surface area contributed by atoms with E-state index < -0.39 is 41.0 Å². The molecular formula is C10H10FNO5. The number of hydrogen-bond acceptors (Lipinski definition) is 4. The molecule has 7 heteroatoms. The molecule has 0 aromatic heterocycles. The molecule has 0 spiro atoms. The van der Waals surface area contributed by atoms with Gasteiger partial charge in [-0.25, -0.2) is 9.18 Å². The summed E-state index contributed by atoms with van der Waals surface area (Å²) in [6, 6.07) is 2.53. The summed E-state index contributed by atoms with van der Waals surface area (Å²) in [5, 5.41) is 27.5. The van der Waals surface area contributed by atoms with Crippen molar-refractivity contribution in [2.24, 2.45) is 5.73 Å². The van der Waals surface area contributed by atoms with Crippen molar-refractivity contribution in [1.29, 1.82) is 0 Å². The van der Waals surface area contributed by atoms with E-state index in [1.807, 2.05) is 0 Å². The van der Waals surface area contributed by atoms with Crippen molar-refractivity contribution in [2.45, 2.75) is 12.2 Å². The standard InChI is InChI=1S/C10H10FNO5/c11-4-1-2-5(10(16)17)6(3-4)7(13)8(14)9(12)15/h1-3,7-8,13-14H,(H2,12,15)(H,16,17). The van der Waals surface area contributed by atoms with Crippen molar-refractivity contribution in [2.75, 3.05) is 0 Å². The van der Waals surface area contributed by atoms with E-state index in [-0.39, 0.29) is 0 Å². The number of benzene rings is 1. The Balaban J connectivity index is 3.23. The summed E-state index contributed by atoms with van der Waals surface area (Å²) in [7, 11) is 0. The van der Waals surface area contributed by atoms with Gasteiger partial charge in [-0.2, -0.15) is 0 Å². The highest BCUT2D eigenvalue weighted by molar-refractivity contribution is 5.90. The van der Waals surface area contributed by atoms with Crippen LogP contribution in [0.15, 0.2) is 18.2 Å². The van der Waals surface area contributed by atoms with Crippen LogP contribution in [0.25, 0.3) is 0 Å². The molecule has 5 N–H and O–H groups in total. The fourth-order valence-corrected chi connectivity index (χ4v) is 1.30. The van der Waals surface area contributed by atoms with Gasteiger partial charge >= 0.3 is 5.97 Å². The molecule has 2 unspecified atom stereocenters. The van der Waals surface area contributed by atoms with Gasteiger partial charge in [0.2, 0.25) is 5.91 Å². The van der Waals surface area contributed by atoms with Gasteiger partial charge in [0.25, 0.3) is 0 Å². The molecule has 0 bridgehead atoms. The van der Waals surface area contributed by atoms with Crippen LogP contribution in [0.1, 0.15) is 22.0 Å². The SMILES string of the molecule is NC(=O)C(O)C(O)c1cc(F)ccc1C(=O)O. The van der Waals surface area contributed by atoms with Crippen LogP contribution in [0.5, 0.6) is 0 Å². The lowest BCUT2D eigenvalue weighted by molar-refractivity contribution is -0.132. The number of carboxylic acids is 1. The number of halogens is 1. The monoisotopic (exact) mass is 243 g/mol. The number of aliphatic hydroxyl groups is 2. The molecule has 2 atom stereocenters. The third-order valence-corrected chi connectivity index (χ3v) is 2.15. The fraction of sp³-hybridized carbons (Fsp3) is 0.200. The van der Waals surface area contributed by atoms with Crippen molar-refractivity contribution in [3.05, 3.63) is 35.1 Å². The number of carbonyl (C=O) groups excluding carboxylic acids is 1. The summed E-state index contributed by atoms with van der Waals surface area (Å²) >= 11 is 0. The number of hydrogen-bond donors (Lipinski definition) is 4. The molecule has 0 fully saturated rings. The maximum atomic E-state index is 12.9. The minimum atomic E-state index is -2.00. The molecule has 1 aromatic rings. The van der Waals surface area contributed by atoms with Crippen LogP contribution in [0, 0.1) is 5.82 Å². The first-order valence-corrected chi connectivity index (χ1v) is 4.52. The minimum Gasteiger partial charge on any atom is -0.478 e. The van der Waals surface area contributed by atoms with Gasteiger partial charge < -0.3 is 21.1 Å². The average Bonchev–Trinajstić information content (AvgIpc) is 2.26. The Bertz CT molecular complexity index is 462. The highest BCUT2D eigenvalue weighted by Gasteiger charge is 2.27. The van der Waals surface area contributed by atoms with E-state index in [1.165, 1.54) is 0 Å². The van der Waals surface area contributed by atoms with Gasteiger partial charge in [0.05, 0.1) is 5.56 Å². The molecule has 0 aliphatic heterocycles. The van der Waals surface area contributed by atoms with Gasteiger partial charge in [0, 0.05) is 5.56 Å². The van der Waals surface area contributed by atoms with Crippen molar-refractivity contribution >= 4 is 11.9 Å². The maximum absolute atomic E-state index is 12.9. The smallest absolute Gasteiger partial charge is 0.336 e. The Morgan fingerprint density at radius 1 is 1.29 bits per heavy atom. The third-order valence-electron chi connectivity index (χ3n) is 2.15. The summed E-state index contributed by atoms with van der Waals surface area (Å²) in [4.78, 5) is 21.4. The lowest BCUT2D eigenvalue weighted by atomic mass is 9.98. The molecule has 0 saturated carbocycles. The summed E-state index contributed by atoms with van der Waals surface area (Å²) < 4.78 is 12.9. The zero-order chi connectivity index (χ0) is 13.2. The second kappa shape index (κ2) is 4.89. The van der Waals surface area contributed by atoms with E-state index in [4.69, 9.17) is 10.8 Å².